The van der Waals surface area contributed by atoms with Gasteiger partial charge in [-0.2, -0.15) is 0 Å². The van der Waals surface area contributed by atoms with Gasteiger partial charge in [0.15, 0.2) is 0 Å². The number of nitrogens with one attached hydrogen (secondary N) is 4. The van der Waals surface area contributed by atoms with E-state index in [2.05, 4.69) is 63.9 Å². The molecule has 328 valence electrons. The molecule has 2 aromatic heterocycles. The number of rotatable bonds is 11. The molecule has 0 radical (unpaired) electrons. The number of fused-ring (bicyclic) bond motifs is 6. The summed E-state index contributed by atoms with van der Waals surface area (Å²) in [6, 6.07) is 12.3. The number of benzene rings is 3. The van der Waals surface area contributed by atoms with E-state index in [0.29, 0.717) is 37.6 Å². The molecule has 0 unspecified atom stereocenters. The molecule has 0 aliphatic carbocycles. The summed E-state index contributed by atoms with van der Waals surface area (Å²) in [6.45, 7) is 10.7. The number of imidazole rings is 2. The first-order valence-electron chi connectivity index (χ1n) is 21.5. The van der Waals surface area contributed by atoms with E-state index < -0.39 is 30.4 Å². The SMILES string of the molecule is CC[C@@H](OC)[C@H](NC(=O)OC)C(=O)N1C[C@@H](C)C[C@H]1c1nc2ccc3cc4c(cc3c2[nH]1)OCc1cc(-c2cnc([C@@H]3CC[C@H](C)N3C(=O)[C@@H](NC(=O)OC)C(C)C)[nH]2)ccc1-4. The fraction of sp³-hybridized carbons (Fsp3) is 0.478. The van der Waals surface area contributed by atoms with Gasteiger partial charge in [0.1, 0.15) is 36.1 Å². The minimum atomic E-state index is -0.916. The van der Waals surface area contributed by atoms with Crippen molar-refractivity contribution in [1.29, 1.82) is 0 Å². The van der Waals surface area contributed by atoms with Crippen molar-refractivity contribution in [2.75, 3.05) is 27.9 Å². The number of hydrogen-bond donors (Lipinski definition) is 4. The number of alkyl carbamates (subject to hydrolysis) is 2. The minimum Gasteiger partial charge on any atom is -0.488 e. The molecule has 0 saturated carbocycles. The summed E-state index contributed by atoms with van der Waals surface area (Å²) in [5.74, 6) is 1.84. The fourth-order valence-corrected chi connectivity index (χ4v) is 9.54. The summed E-state index contributed by atoms with van der Waals surface area (Å²) in [7, 11) is 4.10. The highest BCUT2D eigenvalue weighted by molar-refractivity contribution is 6.07. The Morgan fingerprint density at radius 2 is 1.65 bits per heavy atom. The van der Waals surface area contributed by atoms with Crippen LogP contribution in [0, 0.1) is 11.8 Å². The summed E-state index contributed by atoms with van der Waals surface area (Å²) >= 11 is 0. The number of ether oxygens (including phenoxy) is 4. The molecule has 5 aromatic rings. The lowest BCUT2D eigenvalue weighted by molar-refractivity contribution is -0.138. The lowest BCUT2D eigenvalue weighted by Gasteiger charge is -2.32. The quantitative estimate of drug-likeness (QED) is 0.106. The Morgan fingerprint density at radius 3 is 2.35 bits per heavy atom. The van der Waals surface area contributed by atoms with Crippen LogP contribution in [0.3, 0.4) is 0 Å². The Bertz CT molecular complexity index is 2510. The molecule has 16 heteroatoms. The third-order valence-electron chi connectivity index (χ3n) is 12.8. The van der Waals surface area contributed by atoms with Crippen LogP contribution in [0.15, 0.2) is 48.7 Å². The third-order valence-corrected chi connectivity index (χ3v) is 12.8. The second-order valence-electron chi connectivity index (χ2n) is 17.2. The molecule has 0 spiro atoms. The Hall–Kier alpha value is -6.16. The van der Waals surface area contributed by atoms with Gasteiger partial charge in [0.25, 0.3) is 0 Å². The molecule has 3 aliphatic heterocycles. The molecule has 2 fully saturated rings. The zero-order valence-corrected chi connectivity index (χ0v) is 36.5. The predicted octanol–water partition coefficient (Wildman–Crippen LogP) is 7.16. The van der Waals surface area contributed by atoms with Gasteiger partial charge in [-0.1, -0.05) is 45.9 Å². The van der Waals surface area contributed by atoms with Gasteiger partial charge in [-0.15, -0.1) is 0 Å². The number of methoxy groups -OCH3 is 3. The molecule has 5 heterocycles. The summed E-state index contributed by atoms with van der Waals surface area (Å²) in [4.78, 5) is 72.9. The standard InChI is InChI=1S/C46H56N8O8/c1-9-36(59-6)40(52-46(58)61-8)43(55)53-21-24(4)16-35(53)42-48-32-14-12-26-18-31-29-13-11-27(17-28(29)22-62-37(31)19-30(26)39(32)50-42)33-20-47-41(49-33)34-15-10-25(5)54(34)44(56)38(23(2)3)51-45(57)60-7/h11-14,17-20,23-25,34-36,38,40H,9-10,15-16,21-22H2,1-8H3,(H,47,49)(H,48,50)(H,51,57)(H,52,58)/t24-,25-,34-,35-,36+,38-,40-/m0/s1. The first kappa shape index (κ1) is 42.5. The van der Waals surface area contributed by atoms with Crippen LogP contribution in [0.4, 0.5) is 9.59 Å². The van der Waals surface area contributed by atoms with Crippen molar-refractivity contribution in [3.63, 3.8) is 0 Å². The van der Waals surface area contributed by atoms with Crippen LogP contribution < -0.4 is 15.4 Å². The Kier molecular flexibility index (Phi) is 11.9. The van der Waals surface area contributed by atoms with Crippen LogP contribution in [0.1, 0.15) is 89.6 Å². The predicted molar refractivity (Wildman–Crippen MR) is 232 cm³/mol. The van der Waals surface area contributed by atoms with E-state index in [1.807, 2.05) is 44.9 Å². The Labute approximate surface area is 360 Å². The summed E-state index contributed by atoms with van der Waals surface area (Å²) in [6.07, 6.45) is 2.76. The average molecular weight is 849 g/mol. The third kappa shape index (κ3) is 7.80. The van der Waals surface area contributed by atoms with Crippen LogP contribution in [0.5, 0.6) is 5.75 Å². The first-order chi connectivity index (χ1) is 29.8. The minimum absolute atomic E-state index is 0.0198. The van der Waals surface area contributed by atoms with Gasteiger partial charge in [0.2, 0.25) is 11.8 Å². The molecule has 7 atom stereocenters. The topological polar surface area (TPSA) is 193 Å². The highest BCUT2D eigenvalue weighted by atomic mass is 16.5. The average Bonchev–Trinajstić information content (AvgIpc) is 4.10. The number of hydrogen-bond acceptors (Lipinski definition) is 10. The highest BCUT2D eigenvalue weighted by Gasteiger charge is 2.43. The Morgan fingerprint density at radius 1 is 0.887 bits per heavy atom. The van der Waals surface area contributed by atoms with Crippen molar-refractivity contribution in [3.05, 3.63) is 65.9 Å². The second kappa shape index (κ2) is 17.3. The monoisotopic (exact) mass is 848 g/mol. The molecule has 62 heavy (non-hydrogen) atoms. The highest BCUT2D eigenvalue weighted by Crippen LogP contribution is 2.44. The molecule has 2 saturated heterocycles. The van der Waals surface area contributed by atoms with Gasteiger partial charge in [-0.25, -0.2) is 19.6 Å². The van der Waals surface area contributed by atoms with Crippen molar-refractivity contribution >= 4 is 45.8 Å². The van der Waals surface area contributed by atoms with E-state index in [1.165, 1.54) is 21.3 Å². The van der Waals surface area contributed by atoms with Gasteiger partial charge in [-0.05, 0) is 90.8 Å². The van der Waals surface area contributed by atoms with Crippen molar-refractivity contribution < 1.29 is 38.1 Å². The van der Waals surface area contributed by atoms with E-state index in [9.17, 15) is 19.2 Å². The maximum atomic E-state index is 14.1. The normalized spacial score (nSPS) is 21.0. The molecule has 0 bridgehead atoms. The van der Waals surface area contributed by atoms with Crippen molar-refractivity contribution in [1.82, 2.24) is 40.4 Å². The largest absolute Gasteiger partial charge is 0.488 e. The molecule has 3 aliphatic rings. The van der Waals surface area contributed by atoms with Crippen LogP contribution in [0.25, 0.3) is 44.2 Å². The maximum Gasteiger partial charge on any atom is 0.407 e. The van der Waals surface area contributed by atoms with Crippen molar-refractivity contribution in [3.8, 4) is 28.1 Å². The summed E-state index contributed by atoms with van der Waals surface area (Å²) in [5.41, 5.74) is 6.52. The van der Waals surface area contributed by atoms with E-state index in [4.69, 9.17) is 28.9 Å². The van der Waals surface area contributed by atoms with Gasteiger partial charge in [0.05, 0.1) is 55.3 Å². The van der Waals surface area contributed by atoms with Crippen molar-refractivity contribution in [2.24, 2.45) is 11.8 Å². The van der Waals surface area contributed by atoms with Crippen LogP contribution in [-0.4, -0.2) is 106 Å². The smallest absolute Gasteiger partial charge is 0.407 e. The van der Waals surface area contributed by atoms with E-state index >= 15 is 0 Å². The molecule has 4 amide bonds. The second-order valence-corrected chi connectivity index (χ2v) is 17.2. The summed E-state index contributed by atoms with van der Waals surface area (Å²) < 4.78 is 21.7. The van der Waals surface area contributed by atoms with E-state index in [1.54, 1.807) is 4.90 Å². The molecular weight excluding hydrogens is 793 g/mol. The summed E-state index contributed by atoms with van der Waals surface area (Å²) in [5, 5.41) is 7.40. The zero-order valence-electron chi connectivity index (χ0n) is 36.5. The number of amides is 4. The molecule has 3 aromatic carbocycles. The van der Waals surface area contributed by atoms with Crippen LogP contribution in [0.2, 0.25) is 0 Å². The number of aromatic amines is 2. The molecule has 4 N–H and O–H groups in total. The number of aromatic nitrogens is 4. The number of nitrogens with zero attached hydrogens (tertiary/aromatic N) is 4. The fourth-order valence-electron chi connectivity index (χ4n) is 9.54. The first-order valence-corrected chi connectivity index (χ1v) is 21.5. The van der Waals surface area contributed by atoms with Gasteiger partial charge < -0.3 is 49.3 Å². The number of H-pyrrole nitrogens is 2. The van der Waals surface area contributed by atoms with E-state index in [-0.39, 0.29) is 41.8 Å². The molecular formula is C46H56N8O8. The number of carbonyl (C=O) groups excluding carboxylic acids is 4. The van der Waals surface area contributed by atoms with E-state index in [0.717, 1.165) is 68.3 Å². The molecule has 16 nitrogen and oxygen atoms in total. The molecule has 8 rings (SSSR count). The Balaban J connectivity index is 1.05. The zero-order chi connectivity index (χ0) is 44.0. The lowest BCUT2D eigenvalue weighted by Crippen LogP contribution is -2.54. The number of likely N-dealkylation sites (tertiary alicyclic amines) is 2. The van der Waals surface area contributed by atoms with Crippen molar-refractivity contribution in [2.45, 2.75) is 103 Å². The lowest BCUT2D eigenvalue weighted by atomic mass is 9.92. The van der Waals surface area contributed by atoms with Gasteiger partial charge in [-0.3, -0.25) is 9.59 Å². The van der Waals surface area contributed by atoms with Gasteiger partial charge in [0, 0.05) is 30.6 Å². The number of carbonyl (C=O) groups is 4. The van der Waals surface area contributed by atoms with Crippen LogP contribution >= 0.6 is 0 Å². The maximum absolute atomic E-state index is 14.1. The van der Waals surface area contributed by atoms with Crippen LogP contribution in [-0.2, 0) is 30.4 Å². The van der Waals surface area contributed by atoms with Gasteiger partial charge >= 0.3 is 12.2 Å².